The molecule has 0 radical (unpaired) electrons. The molecular formula is C13H15ClN4O3S. The second-order valence-electron chi connectivity index (χ2n) is 4.69. The first-order chi connectivity index (χ1) is 10.3. The Kier molecular flexibility index (Phi) is 4.84. The van der Waals surface area contributed by atoms with Crippen molar-refractivity contribution in [1.29, 1.82) is 0 Å². The number of hydrogen-bond donors (Lipinski definition) is 2. The van der Waals surface area contributed by atoms with Gasteiger partial charge >= 0.3 is 0 Å². The van der Waals surface area contributed by atoms with Gasteiger partial charge in [0.25, 0.3) is 0 Å². The average molecular weight is 343 g/mol. The molecule has 0 bridgehead atoms. The lowest BCUT2D eigenvalue weighted by Gasteiger charge is -2.13. The average Bonchev–Trinajstić information content (AvgIpc) is 2.84. The van der Waals surface area contributed by atoms with Crippen LogP contribution in [0.3, 0.4) is 0 Å². The highest BCUT2D eigenvalue weighted by Crippen LogP contribution is 2.14. The van der Waals surface area contributed by atoms with E-state index in [2.05, 4.69) is 15.1 Å². The largest absolute Gasteiger partial charge is 0.322 e. The Hall–Kier alpha value is -1.90. The minimum Gasteiger partial charge on any atom is -0.322 e. The van der Waals surface area contributed by atoms with E-state index in [1.807, 2.05) is 0 Å². The summed E-state index contributed by atoms with van der Waals surface area (Å²) in [6, 6.07) is 4.74. The van der Waals surface area contributed by atoms with Gasteiger partial charge in [-0.15, -0.1) is 0 Å². The van der Waals surface area contributed by atoms with Gasteiger partial charge in [-0.2, -0.15) is 9.82 Å². The van der Waals surface area contributed by atoms with Crippen molar-refractivity contribution in [2.24, 2.45) is 7.05 Å². The maximum Gasteiger partial charge on any atom is 0.242 e. The van der Waals surface area contributed by atoms with Crippen molar-refractivity contribution in [3.8, 4) is 0 Å². The molecule has 1 aromatic heterocycles. The summed E-state index contributed by atoms with van der Waals surface area (Å²) in [4.78, 5) is 12.0. The number of aryl methyl sites for hydroxylation is 1. The third kappa shape index (κ3) is 4.06. The molecule has 1 aromatic carbocycles. The highest BCUT2D eigenvalue weighted by Gasteiger charge is 2.22. The van der Waals surface area contributed by atoms with Gasteiger partial charge in [-0.1, -0.05) is 11.6 Å². The molecule has 118 valence electrons. The number of rotatable bonds is 5. The van der Waals surface area contributed by atoms with Crippen LogP contribution in [0.5, 0.6) is 0 Å². The Labute approximate surface area is 133 Å². The fourth-order valence-electron chi connectivity index (χ4n) is 1.70. The molecule has 7 nitrogen and oxygen atoms in total. The smallest absolute Gasteiger partial charge is 0.242 e. The van der Waals surface area contributed by atoms with Crippen molar-refractivity contribution >= 4 is 33.2 Å². The van der Waals surface area contributed by atoms with E-state index in [0.29, 0.717) is 10.7 Å². The molecule has 0 unspecified atom stereocenters. The predicted molar refractivity (Wildman–Crippen MR) is 83.1 cm³/mol. The van der Waals surface area contributed by atoms with E-state index < -0.39 is 22.0 Å². The maximum absolute atomic E-state index is 12.2. The molecular weight excluding hydrogens is 328 g/mol. The summed E-state index contributed by atoms with van der Waals surface area (Å²) in [5.74, 6) is -0.481. The van der Waals surface area contributed by atoms with Gasteiger partial charge in [0, 0.05) is 18.3 Å². The fourth-order valence-corrected chi connectivity index (χ4v) is 3.03. The molecule has 1 heterocycles. The molecule has 0 saturated carbocycles. The number of aromatic nitrogens is 2. The molecule has 0 aliphatic heterocycles. The number of nitrogens with one attached hydrogen (secondary N) is 2. The van der Waals surface area contributed by atoms with Gasteiger partial charge < -0.3 is 5.32 Å². The maximum atomic E-state index is 12.2. The highest BCUT2D eigenvalue weighted by atomic mass is 35.5. The molecule has 2 aromatic rings. The van der Waals surface area contributed by atoms with Crippen LogP contribution in [0.2, 0.25) is 5.02 Å². The van der Waals surface area contributed by atoms with Crippen molar-refractivity contribution in [3.63, 3.8) is 0 Å². The SMILES string of the molecule is C[C@H](NS(=O)(=O)c1ccc(Cl)cc1)C(=O)Nc1cnn(C)c1. The Bertz CT molecular complexity index is 771. The van der Waals surface area contributed by atoms with Crippen molar-refractivity contribution < 1.29 is 13.2 Å². The molecule has 0 aliphatic carbocycles. The van der Waals surface area contributed by atoms with E-state index in [1.54, 1.807) is 13.2 Å². The monoisotopic (exact) mass is 342 g/mol. The number of amides is 1. The third-order valence-corrected chi connectivity index (χ3v) is 4.63. The summed E-state index contributed by atoms with van der Waals surface area (Å²) >= 11 is 5.72. The lowest BCUT2D eigenvalue weighted by atomic mass is 10.3. The van der Waals surface area contributed by atoms with Crippen molar-refractivity contribution in [2.45, 2.75) is 17.9 Å². The van der Waals surface area contributed by atoms with Gasteiger partial charge in [0.2, 0.25) is 15.9 Å². The minimum atomic E-state index is -3.80. The van der Waals surface area contributed by atoms with E-state index >= 15 is 0 Å². The molecule has 1 amide bonds. The molecule has 0 spiro atoms. The van der Waals surface area contributed by atoms with Gasteiger partial charge in [0.05, 0.1) is 22.8 Å². The standard InChI is InChI=1S/C13H15ClN4O3S/c1-9(13(19)16-11-7-15-18(2)8-11)17-22(20,21)12-5-3-10(14)4-6-12/h3-9,17H,1-2H3,(H,16,19)/t9-/m0/s1. The van der Waals surface area contributed by atoms with Gasteiger partial charge in [0.15, 0.2) is 0 Å². The van der Waals surface area contributed by atoms with Gasteiger partial charge in [-0.25, -0.2) is 8.42 Å². The van der Waals surface area contributed by atoms with Crippen LogP contribution < -0.4 is 10.0 Å². The molecule has 2 N–H and O–H groups in total. The summed E-state index contributed by atoms with van der Waals surface area (Å²) in [6.45, 7) is 1.46. The molecule has 2 rings (SSSR count). The number of benzene rings is 1. The van der Waals surface area contributed by atoms with Crippen LogP contribution in [0.1, 0.15) is 6.92 Å². The molecule has 1 atom stereocenters. The van der Waals surface area contributed by atoms with E-state index in [-0.39, 0.29) is 4.90 Å². The van der Waals surface area contributed by atoms with Crippen LogP contribution in [-0.2, 0) is 21.9 Å². The number of halogens is 1. The molecule has 22 heavy (non-hydrogen) atoms. The summed E-state index contributed by atoms with van der Waals surface area (Å²) in [5, 5.41) is 6.92. The Morgan fingerprint density at radius 1 is 1.32 bits per heavy atom. The van der Waals surface area contributed by atoms with E-state index in [1.165, 1.54) is 42.1 Å². The normalized spacial score (nSPS) is 12.9. The summed E-state index contributed by atoms with van der Waals surface area (Å²) < 4.78 is 28.2. The zero-order valence-corrected chi connectivity index (χ0v) is 13.5. The highest BCUT2D eigenvalue weighted by molar-refractivity contribution is 7.89. The Morgan fingerprint density at radius 3 is 2.50 bits per heavy atom. The molecule has 0 saturated heterocycles. The van der Waals surface area contributed by atoms with Crippen LogP contribution in [-0.4, -0.2) is 30.1 Å². The summed E-state index contributed by atoms with van der Waals surface area (Å²) in [5.41, 5.74) is 0.491. The number of sulfonamides is 1. The molecule has 0 aliphatic rings. The number of carbonyl (C=O) groups is 1. The minimum absolute atomic E-state index is 0.0397. The molecule has 0 fully saturated rings. The second-order valence-corrected chi connectivity index (χ2v) is 6.84. The number of anilines is 1. The summed E-state index contributed by atoms with van der Waals surface area (Å²) in [6.07, 6.45) is 3.08. The Morgan fingerprint density at radius 2 is 1.95 bits per heavy atom. The van der Waals surface area contributed by atoms with E-state index in [0.717, 1.165) is 0 Å². The lowest BCUT2D eigenvalue weighted by molar-refractivity contribution is -0.117. The van der Waals surface area contributed by atoms with Crippen molar-refractivity contribution in [2.75, 3.05) is 5.32 Å². The lowest BCUT2D eigenvalue weighted by Crippen LogP contribution is -2.41. The number of nitrogens with zero attached hydrogens (tertiary/aromatic N) is 2. The van der Waals surface area contributed by atoms with Crippen molar-refractivity contribution in [3.05, 3.63) is 41.7 Å². The van der Waals surface area contributed by atoms with E-state index in [9.17, 15) is 13.2 Å². The van der Waals surface area contributed by atoms with Crippen LogP contribution in [0.4, 0.5) is 5.69 Å². The summed E-state index contributed by atoms with van der Waals surface area (Å²) in [7, 11) is -2.09. The predicted octanol–water partition coefficient (Wildman–Crippen LogP) is 1.38. The topological polar surface area (TPSA) is 93.1 Å². The van der Waals surface area contributed by atoms with Gasteiger partial charge in [-0.3, -0.25) is 9.48 Å². The van der Waals surface area contributed by atoms with Crippen LogP contribution in [0, 0.1) is 0 Å². The number of carbonyl (C=O) groups excluding carboxylic acids is 1. The zero-order valence-electron chi connectivity index (χ0n) is 11.9. The first kappa shape index (κ1) is 16.5. The third-order valence-electron chi connectivity index (χ3n) is 2.82. The number of hydrogen-bond acceptors (Lipinski definition) is 4. The first-order valence-corrected chi connectivity index (χ1v) is 8.21. The van der Waals surface area contributed by atoms with E-state index in [4.69, 9.17) is 11.6 Å². The second kappa shape index (κ2) is 6.47. The quantitative estimate of drug-likeness (QED) is 0.858. The van der Waals surface area contributed by atoms with Crippen LogP contribution in [0.15, 0.2) is 41.6 Å². The Balaban J connectivity index is 2.05. The fraction of sp³-hybridized carbons (Fsp3) is 0.231. The van der Waals surface area contributed by atoms with Crippen molar-refractivity contribution in [1.82, 2.24) is 14.5 Å². The van der Waals surface area contributed by atoms with Gasteiger partial charge in [-0.05, 0) is 31.2 Å². The van der Waals surface area contributed by atoms with Crippen LogP contribution in [0.25, 0.3) is 0 Å². The van der Waals surface area contributed by atoms with Crippen LogP contribution >= 0.6 is 11.6 Å². The molecule has 9 heteroatoms. The first-order valence-electron chi connectivity index (χ1n) is 6.35. The van der Waals surface area contributed by atoms with Gasteiger partial charge in [0.1, 0.15) is 0 Å². The zero-order chi connectivity index (χ0) is 16.3.